The number of para-hydroxylation sites is 1. The van der Waals surface area contributed by atoms with Gasteiger partial charge in [-0.3, -0.25) is 15.0 Å². The molecule has 0 bridgehead atoms. The van der Waals surface area contributed by atoms with Crippen LogP contribution in [0.2, 0.25) is 0 Å². The van der Waals surface area contributed by atoms with Crippen LogP contribution in [0.15, 0.2) is 58.6 Å². The standard InChI is InChI=1S/C20H17BrN2O5/c1-2-27-18(24)12-28-17-9-8-13(11-16(17)21)10-15-19(25)22-23(20(15)26)14-6-4-3-5-7-14/h3-11H,2,12H2,1H3,(H,22,25)/b15-10-. The van der Waals surface area contributed by atoms with Gasteiger partial charge in [-0.15, -0.1) is 0 Å². The molecule has 1 heterocycles. The summed E-state index contributed by atoms with van der Waals surface area (Å²) >= 11 is 3.36. The first-order valence-corrected chi connectivity index (χ1v) is 9.29. The Morgan fingerprint density at radius 2 is 1.93 bits per heavy atom. The molecule has 0 saturated carbocycles. The summed E-state index contributed by atoms with van der Waals surface area (Å²) in [6.07, 6.45) is 1.50. The first-order valence-electron chi connectivity index (χ1n) is 8.49. The van der Waals surface area contributed by atoms with Crippen LogP contribution in [0.25, 0.3) is 6.08 Å². The Bertz CT molecular complexity index is 943. The lowest BCUT2D eigenvalue weighted by Gasteiger charge is -2.13. The number of hydrogen-bond acceptors (Lipinski definition) is 5. The van der Waals surface area contributed by atoms with Crippen LogP contribution >= 0.6 is 15.9 Å². The van der Waals surface area contributed by atoms with Gasteiger partial charge >= 0.3 is 5.97 Å². The molecule has 28 heavy (non-hydrogen) atoms. The molecule has 0 aromatic heterocycles. The van der Waals surface area contributed by atoms with Crippen LogP contribution in [0.4, 0.5) is 5.69 Å². The molecule has 2 amide bonds. The molecule has 0 radical (unpaired) electrons. The molecule has 144 valence electrons. The van der Waals surface area contributed by atoms with Crippen LogP contribution in [0, 0.1) is 0 Å². The molecule has 1 N–H and O–H groups in total. The minimum Gasteiger partial charge on any atom is -0.481 e. The van der Waals surface area contributed by atoms with E-state index in [0.717, 1.165) is 0 Å². The molecule has 8 heteroatoms. The third-order valence-corrected chi connectivity index (χ3v) is 4.44. The minimum atomic E-state index is -0.479. The van der Waals surface area contributed by atoms with Crippen LogP contribution in [0.5, 0.6) is 5.75 Å². The van der Waals surface area contributed by atoms with Gasteiger partial charge in [0.25, 0.3) is 11.8 Å². The highest BCUT2D eigenvalue weighted by Crippen LogP contribution is 2.28. The summed E-state index contributed by atoms with van der Waals surface area (Å²) in [5.41, 5.74) is 3.78. The Morgan fingerprint density at radius 3 is 2.61 bits per heavy atom. The molecule has 1 aliphatic rings. The molecule has 2 aromatic rings. The largest absolute Gasteiger partial charge is 0.481 e. The quantitative estimate of drug-likeness (QED) is 0.420. The Labute approximate surface area is 170 Å². The van der Waals surface area contributed by atoms with Gasteiger partial charge in [-0.2, -0.15) is 0 Å². The first-order chi connectivity index (χ1) is 13.5. The normalized spacial score (nSPS) is 14.9. The topological polar surface area (TPSA) is 84.9 Å². The van der Waals surface area contributed by atoms with Crippen molar-refractivity contribution in [2.75, 3.05) is 18.2 Å². The van der Waals surface area contributed by atoms with Crippen molar-refractivity contribution in [3.05, 3.63) is 64.1 Å². The van der Waals surface area contributed by atoms with E-state index in [1.165, 1.54) is 11.1 Å². The second-order valence-corrected chi connectivity index (χ2v) is 6.61. The second kappa shape index (κ2) is 8.71. The molecular weight excluding hydrogens is 428 g/mol. The number of esters is 1. The number of halogens is 1. The Balaban J connectivity index is 1.76. The highest BCUT2D eigenvalue weighted by Gasteiger charge is 2.34. The number of anilines is 1. The Morgan fingerprint density at radius 1 is 1.18 bits per heavy atom. The summed E-state index contributed by atoms with van der Waals surface area (Å²) in [7, 11) is 0. The van der Waals surface area contributed by atoms with E-state index in [9.17, 15) is 14.4 Å². The average Bonchev–Trinajstić information content (AvgIpc) is 2.96. The zero-order valence-electron chi connectivity index (χ0n) is 15.0. The van der Waals surface area contributed by atoms with Crippen molar-refractivity contribution in [2.24, 2.45) is 0 Å². The third-order valence-electron chi connectivity index (χ3n) is 3.82. The van der Waals surface area contributed by atoms with E-state index < -0.39 is 17.8 Å². The fraction of sp³-hybridized carbons (Fsp3) is 0.150. The van der Waals surface area contributed by atoms with Gasteiger partial charge < -0.3 is 9.47 Å². The summed E-state index contributed by atoms with van der Waals surface area (Å²) in [6.45, 7) is 1.79. The summed E-state index contributed by atoms with van der Waals surface area (Å²) < 4.78 is 10.8. The number of ether oxygens (including phenoxy) is 2. The number of carbonyl (C=O) groups excluding carboxylic acids is 3. The zero-order chi connectivity index (χ0) is 20.1. The number of rotatable bonds is 6. The van der Waals surface area contributed by atoms with Crippen LogP contribution in [-0.4, -0.2) is 31.0 Å². The summed E-state index contributed by atoms with van der Waals surface area (Å²) in [5.74, 6) is -0.930. The van der Waals surface area contributed by atoms with Crippen molar-refractivity contribution >= 4 is 45.5 Å². The van der Waals surface area contributed by atoms with Crippen molar-refractivity contribution in [3.8, 4) is 5.75 Å². The second-order valence-electron chi connectivity index (χ2n) is 5.76. The predicted molar refractivity (Wildman–Crippen MR) is 106 cm³/mol. The summed E-state index contributed by atoms with van der Waals surface area (Å²) in [5, 5.41) is 1.21. The van der Waals surface area contributed by atoms with Crippen molar-refractivity contribution in [3.63, 3.8) is 0 Å². The maximum Gasteiger partial charge on any atom is 0.344 e. The Hall–Kier alpha value is -3.13. The number of carbonyl (C=O) groups is 3. The lowest BCUT2D eigenvalue weighted by atomic mass is 10.1. The lowest BCUT2D eigenvalue weighted by Crippen LogP contribution is -2.35. The first kappa shape index (κ1) is 19.6. The SMILES string of the molecule is CCOC(=O)COc1ccc(/C=C2/C(=O)NN(c3ccccc3)C2=O)cc1Br. The van der Waals surface area contributed by atoms with Gasteiger partial charge in [0.15, 0.2) is 6.61 Å². The van der Waals surface area contributed by atoms with Crippen LogP contribution in [-0.2, 0) is 19.1 Å². The lowest BCUT2D eigenvalue weighted by molar-refractivity contribution is -0.145. The van der Waals surface area contributed by atoms with Crippen molar-refractivity contribution in [1.29, 1.82) is 0 Å². The summed E-state index contributed by atoms with van der Waals surface area (Å²) in [4.78, 5) is 36.2. The fourth-order valence-corrected chi connectivity index (χ4v) is 3.06. The number of amides is 2. The van der Waals surface area contributed by atoms with Gasteiger partial charge in [-0.05, 0) is 58.8 Å². The molecule has 1 fully saturated rings. The maximum atomic E-state index is 12.6. The van der Waals surface area contributed by atoms with Crippen LogP contribution in [0.3, 0.4) is 0 Å². The predicted octanol–water partition coefficient (Wildman–Crippen LogP) is 2.85. The van der Waals surface area contributed by atoms with E-state index in [0.29, 0.717) is 21.5 Å². The van der Waals surface area contributed by atoms with E-state index in [1.807, 2.05) is 6.07 Å². The van der Waals surface area contributed by atoms with Gasteiger partial charge in [0.1, 0.15) is 11.3 Å². The number of hydrogen-bond donors (Lipinski definition) is 1. The van der Waals surface area contributed by atoms with Crippen molar-refractivity contribution < 1.29 is 23.9 Å². The minimum absolute atomic E-state index is 0.0240. The van der Waals surface area contributed by atoms with Crippen molar-refractivity contribution in [2.45, 2.75) is 6.92 Å². The highest BCUT2D eigenvalue weighted by atomic mass is 79.9. The monoisotopic (exact) mass is 444 g/mol. The number of nitrogens with zero attached hydrogens (tertiary/aromatic N) is 1. The third kappa shape index (κ3) is 4.40. The molecule has 1 saturated heterocycles. The maximum absolute atomic E-state index is 12.6. The smallest absolute Gasteiger partial charge is 0.344 e. The molecule has 3 rings (SSSR count). The van der Waals surface area contributed by atoms with Gasteiger partial charge in [0, 0.05) is 0 Å². The van der Waals surface area contributed by atoms with E-state index in [-0.39, 0.29) is 18.8 Å². The van der Waals surface area contributed by atoms with E-state index in [4.69, 9.17) is 9.47 Å². The molecule has 0 aliphatic carbocycles. The molecular formula is C20H17BrN2O5. The average molecular weight is 445 g/mol. The van der Waals surface area contributed by atoms with Crippen molar-refractivity contribution in [1.82, 2.24) is 5.43 Å². The molecule has 0 unspecified atom stereocenters. The number of hydrazine groups is 1. The van der Waals surface area contributed by atoms with Gasteiger partial charge in [-0.1, -0.05) is 24.3 Å². The van der Waals surface area contributed by atoms with Crippen LogP contribution < -0.4 is 15.2 Å². The molecule has 2 aromatic carbocycles. The van der Waals surface area contributed by atoms with Gasteiger partial charge in [0.2, 0.25) is 0 Å². The fourth-order valence-electron chi connectivity index (χ4n) is 2.55. The molecule has 0 spiro atoms. The molecule has 7 nitrogen and oxygen atoms in total. The highest BCUT2D eigenvalue weighted by molar-refractivity contribution is 9.10. The van der Waals surface area contributed by atoms with E-state index in [2.05, 4.69) is 21.4 Å². The number of benzene rings is 2. The zero-order valence-corrected chi connectivity index (χ0v) is 16.6. The molecule has 0 atom stereocenters. The van der Waals surface area contributed by atoms with E-state index in [1.54, 1.807) is 49.4 Å². The number of nitrogens with one attached hydrogen (secondary N) is 1. The van der Waals surface area contributed by atoms with Gasteiger partial charge in [-0.25, -0.2) is 9.80 Å². The molecule has 1 aliphatic heterocycles. The summed E-state index contributed by atoms with van der Waals surface area (Å²) in [6, 6.07) is 13.9. The van der Waals surface area contributed by atoms with Crippen LogP contribution in [0.1, 0.15) is 12.5 Å². The Kier molecular flexibility index (Phi) is 6.10. The van der Waals surface area contributed by atoms with E-state index >= 15 is 0 Å². The van der Waals surface area contributed by atoms with Gasteiger partial charge in [0.05, 0.1) is 16.8 Å².